The van der Waals surface area contributed by atoms with Crippen LogP contribution in [0, 0.1) is 11.8 Å². The summed E-state index contributed by atoms with van der Waals surface area (Å²) < 4.78 is 0. The Balaban J connectivity index is 1.48. The molecule has 3 fully saturated rings. The van der Waals surface area contributed by atoms with Gasteiger partial charge in [0.2, 0.25) is 11.8 Å². The minimum absolute atomic E-state index is 0.0992. The van der Waals surface area contributed by atoms with Crippen LogP contribution in [-0.2, 0) is 9.59 Å². The summed E-state index contributed by atoms with van der Waals surface area (Å²) in [5.74, 6) is 1.38. The largest absolute Gasteiger partial charge is 0.340 e. The summed E-state index contributed by atoms with van der Waals surface area (Å²) >= 11 is 0. The number of likely N-dealkylation sites (tertiary alicyclic amines) is 1. The van der Waals surface area contributed by atoms with Crippen LogP contribution in [0.15, 0.2) is 24.5 Å². The maximum Gasteiger partial charge on any atom is 0.241 e. The van der Waals surface area contributed by atoms with Crippen molar-refractivity contribution in [1.29, 1.82) is 0 Å². The number of carbonyl (C=O) groups is 2. The van der Waals surface area contributed by atoms with Gasteiger partial charge in [-0.25, -0.2) is 0 Å². The van der Waals surface area contributed by atoms with Crippen LogP contribution in [0.4, 0.5) is 5.69 Å². The van der Waals surface area contributed by atoms with E-state index in [-0.39, 0.29) is 17.4 Å². The predicted octanol–water partition coefficient (Wildman–Crippen LogP) is 2.16. The molecule has 0 radical (unpaired) electrons. The lowest BCUT2D eigenvalue weighted by Gasteiger charge is -2.46. The Morgan fingerprint density at radius 3 is 2.70 bits per heavy atom. The van der Waals surface area contributed by atoms with E-state index in [1.165, 1.54) is 12.8 Å². The van der Waals surface area contributed by atoms with Crippen molar-refractivity contribution in [2.75, 3.05) is 38.1 Å². The van der Waals surface area contributed by atoms with E-state index >= 15 is 0 Å². The summed E-state index contributed by atoms with van der Waals surface area (Å²) in [7, 11) is 2.02. The molecule has 2 aliphatic heterocycles. The summed E-state index contributed by atoms with van der Waals surface area (Å²) in [6, 6.07) is 3.80. The highest BCUT2D eigenvalue weighted by Crippen LogP contribution is 2.36. The van der Waals surface area contributed by atoms with Gasteiger partial charge in [-0.15, -0.1) is 0 Å². The third-order valence-corrected chi connectivity index (χ3v) is 6.90. The van der Waals surface area contributed by atoms with Gasteiger partial charge in [0.05, 0.1) is 24.0 Å². The van der Waals surface area contributed by atoms with Crippen LogP contribution in [0.1, 0.15) is 39.0 Å². The molecule has 3 heterocycles. The van der Waals surface area contributed by atoms with Crippen molar-refractivity contribution in [1.82, 2.24) is 14.8 Å². The molecule has 146 valence electrons. The standard InChI is InChI=1S/C21H30N4O2/c1-16-5-7-17(8-6-16)20(27)24-11-9-21(14-24)15-25(19(26)13-23(21)2)18-4-3-10-22-12-18/h3-4,10,12,16-17H,5-9,11,13-15H2,1-2H3. The summed E-state index contributed by atoms with van der Waals surface area (Å²) in [5, 5.41) is 0. The summed E-state index contributed by atoms with van der Waals surface area (Å²) in [4.78, 5) is 35.9. The van der Waals surface area contributed by atoms with Gasteiger partial charge in [-0.2, -0.15) is 0 Å². The van der Waals surface area contributed by atoms with Crippen LogP contribution in [0.2, 0.25) is 0 Å². The van der Waals surface area contributed by atoms with E-state index in [0.717, 1.165) is 44.0 Å². The van der Waals surface area contributed by atoms with Gasteiger partial charge in [-0.05, 0) is 57.2 Å². The summed E-state index contributed by atoms with van der Waals surface area (Å²) in [6.45, 7) is 4.81. The van der Waals surface area contributed by atoms with Gasteiger partial charge in [0, 0.05) is 31.7 Å². The van der Waals surface area contributed by atoms with Gasteiger partial charge >= 0.3 is 0 Å². The number of anilines is 1. The minimum atomic E-state index is -0.151. The van der Waals surface area contributed by atoms with E-state index in [2.05, 4.69) is 21.7 Å². The predicted molar refractivity (Wildman–Crippen MR) is 104 cm³/mol. The number of carbonyl (C=O) groups excluding carboxylic acids is 2. The lowest BCUT2D eigenvalue weighted by molar-refractivity contribution is -0.136. The number of rotatable bonds is 2. The van der Waals surface area contributed by atoms with Crippen molar-refractivity contribution in [2.24, 2.45) is 11.8 Å². The van der Waals surface area contributed by atoms with Crippen molar-refractivity contribution in [3.63, 3.8) is 0 Å². The van der Waals surface area contributed by atoms with E-state index in [1.54, 1.807) is 12.4 Å². The molecule has 0 N–H and O–H groups in total. The molecule has 27 heavy (non-hydrogen) atoms. The molecule has 1 unspecified atom stereocenters. The maximum atomic E-state index is 13.1. The number of aromatic nitrogens is 1. The van der Waals surface area contributed by atoms with E-state index < -0.39 is 0 Å². The lowest BCUT2D eigenvalue weighted by atomic mass is 9.82. The molecule has 2 saturated heterocycles. The van der Waals surface area contributed by atoms with Gasteiger partial charge in [0.25, 0.3) is 0 Å². The molecular formula is C21H30N4O2. The molecule has 1 aliphatic carbocycles. The summed E-state index contributed by atoms with van der Waals surface area (Å²) in [5.41, 5.74) is 0.697. The molecule has 1 aromatic rings. The number of hydrogen-bond acceptors (Lipinski definition) is 4. The Morgan fingerprint density at radius 2 is 2.00 bits per heavy atom. The number of nitrogens with zero attached hydrogens (tertiary/aromatic N) is 4. The first-order valence-electron chi connectivity index (χ1n) is 10.2. The quantitative estimate of drug-likeness (QED) is 0.801. The van der Waals surface area contributed by atoms with Crippen molar-refractivity contribution < 1.29 is 9.59 Å². The van der Waals surface area contributed by atoms with Crippen molar-refractivity contribution in [3.05, 3.63) is 24.5 Å². The lowest BCUT2D eigenvalue weighted by Crippen LogP contribution is -2.64. The number of piperazine rings is 1. The number of likely N-dealkylation sites (N-methyl/N-ethyl adjacent to an activating group) is 1. The Morgan fingerprint density at radius 1 is 1.22 bits per heavy atom. The van der Waals surface area contributed by atoms with Gasteiger partial charge in [0.15, 0.2) is 0 Å². The second kappa shape index (κ2) is 7.23. The highest BCUT2D eigenvalue weighted by atomic mass is 16.2. The van der Waals surface area contributed by atoms with E-state index in [1.807, 2.05) is 24.1 Å². The average molecular weight is 370 g/mol. The van der Waals surface area contributed by atoms with Gasteiger partial charge in [-0.1, -0.05) is 6.92 Å². The van der Waals surface area contributed by atoms with E-state index in [9.17, 15) is 9.59 Å². The topological polar surface area (TPSA) is 56.8 Å². The Kier molecular flexibility index (Phi) is 4.93. The zero-order valence-corrected chi connectivity index (χ0v) is 16.4. The molecule has 1 aromatic heterocycles. The smallest absolute Gasteiger partial charge is 0.241 e. The Hall–Kier alpha value is -1.95. The monoisotopic (exact) mass is 370 g/mol. The van der Waals surface area contributed by atoms with Crippen LogP contribution in [-0.4, -0.2) is 65.4 Å². The molecule has 4 rings (SSSR count). The van der Waals surface area contributed by atoms with Crippen LogP contribution in [0.25, 0.3) is 0 Å². The maximum absolute atomic E-state index is 13.1. The molecule has 6 heteroatoms. The fraction of sp³-hybridized carbons (Fsp3) is 0.667. The van der Waals surface area contributed by atoms with Crippen LogP contribution < -0.4 is 4.90 Å². The normalized spacial score (nSPS) is 32.3. The highest BCUT2D eigenvalue weighted by molar-refractivity contribution is 5.96. The molecular weight excluding hydrogens is 340 g/mol. The second-order valence-electron chi connectivity index (χ2n) is 8.74. The second-order valence-corrected chi connectivity index (χ2v) is 8.74. The Bertz CT molecular complexity index is 701. The molecule has 1 saturated carbocycles. The zero-order chi connectivity index (χ0) is 19.0. The molecule has 0 aromatic carbocycles. The minimum Gasteiger partial charge on any atom is -0.340 e. The molecule has 0 bridgehead atoms. The van der Waals surface area contributed by atoms with E-state index in [4.69, 9.17) is 0 Å². The third kappa shape index (κ3) is 3.47. The number of amides is 2. The van der Waals surface area contributed by atoms with Crippen LogP contribution in [0.3, 0.4) is 0 Å². The number of pyridine rings is 1. The molecule has 6 nitrogen and oxygen atoms in total. The van der Waals surface area contributed by atoms with E-state index in [0.29, 0.717) is 19.0 Å². The third-order valence-electron chi connectivity index (χ3n) is 6.90. The first kappa shape index (κ1) is 18.4. The van der Waals surface area contributed by atoms with Gasteiger partial charge < -0.3 is 9.80 Å². The van der Waals surface area contributed by atoms with Crippen LogP contribution >= 0.6 is 0 Å². The SMILES string of the molecule is CC1CCC(C(=O)N2CCC3(C2)CN(c2cccnc2)C(=O)CN3C)CC1. The first-order valence-corrected chi connectivity index (χ1v) is 10.2. The first-order chi connectivity index (χ1) is 13.0. The van der Waals surface area contributed by atoms with Gasteiger partial charge in [-0.3, -0.25) is 19.5 Å². The van der Waals surface area contributed by atoms with Crippen molar-refractivity contribution >= 4 is 17.5 Å². The molecule has 2 amide bonds. The average Bonchev–Trinajstić information content (AvgIpc) is 3.11. The zero-order valence-electron chi connectivity index (χ0n) is 16.4. The van der Waals surface area contributed by atoms with Crippen molar-refractivity contribution in [3.8, 4) is 0 Å². The highest BCUT2D eigenvalue weighted by Gasteiger charge is 2.49. The van der Waals surface area contributed by atoms with Gasteiger partial charge in [0.1, 0.15) is 0 Å². The molecule has 3 aliphatic rings. The van der Waals surface area contributed by atoms with Crippen LogP contribution in [0.5, 0.6) is 0 Å². The molecule has 1 spiro atoms. The fourth-order valence-electron chi connectivity index (χ4n) is 4.96. The number of hydrogen-bond donors (Lipinski definition) is 0. The van der Waals surface area contributed by atoms with Crippen molar-refractivity contribution in [2.45, 2.75) is 44.6 Å². The Labute approximate surface area is 161 Å². The summed E-state index contributed by atoms with van der Waals surface area (Å²) in [6.07, 6.45) is 8.78. The fourth-order valence-corrected chi connectivity index (χ4v) is 4.96. The molecule has 1 atom stereocenters.